The number of aromatic amines is 1. The van der Waals surface area contributed by atoms with Gasteiger partial charge in [-0.2, -0.15) is 0 Å². The molecular formula is C11H9FN4. The second-order valence-electron chi connectivity index (χ2n) is 3.45. The average molecular weight is 216 g/mol. The van der Waals surface area contributed by atoms with Crippen LogP contribution in [0, 0.1) is 5.82 Å². The summed E-state index contributed by atoms with van der Waals surface area (Å²) in [6, 6.07) is 8.25. The van der Waals surface area contributed by atoms with Gasteiger partial charge in [0, 0.05) is 12.4 Å². The summed E-state index contributed by atoms with van der Waals surface area (Å²) in [4.78, 5) is 7.27. The van der Waals surface area contributed by atoms with Gasteiger partial charge in [0.1, 0.15) is 5.82 Å². The standard InChI is InChI=1S/C11H9FN4/c12-8-3-4-9-10(7-8)14-11(13-9)15-16-5-1-2-6-16/h1-7H,(H2,13,14,15). The molecule has 0 aliphatic rings. The van der Waals surface area contributed by atoms with Gasteiger partial charge in [-0.05, 0) is 30.3 Å². The third-order valence-corrected chi connectivity index (χ3v) is 2.28. The van der Waals surface area contributed by atoms with Gasteiger partial charge in [-0.1, -0.05) is 0 Å². The maximum Gasteiger partial charge on any atom is 0.220 e. The summed E-state index contributed by atoms with van der Waals surface area (Å²) in [5.74, 6) is 0.306. The average Bonchev–Trinajstić information content (AvgIpc) is 2.86. The van der Waals surface area contributed by atoms with Gasteiger partial charge in [0.25, 0.3) is 0 Å². The Morgan fingerprint density at radius 3 is 2.88 bits per heavy atom. The number of nitrogens with zero attached hydrogens (tertiary/aromatic N) is 2. The molecule has 0 spiro atoms. The Morgan fingerprint density at radius 2 is 2.06 bits per heavy atom. The number of imidazole rings is 1. The van der Waals surface area contributed by atoms with E-state index in [1.807, 2.05) is 24.5 Å². The maximum absolute atomic E-state index is 12.9. The van der Waals surface area contributed by atoms with Crippen LogP contribution < -0.4 is 5.43 Å². The van der Waals surface area contributed by atoms with E-state index in [2.05, 4.69) is 15.4 Å². The molecule has 0 atom stereocenters. The Morgan fingerprint density at radius 1 is 1.25 bits per heavy atom. The van der Waals surface area contributed by atoms with Gasteiger partial charge in [-0.25, -0.2) is 9.37 Å². The second kappa shape index (κ2) is 3.37. The number of nitrogens with one attached hydrogen (secondary N) is 2. The number of hydrogen-bond donors (Lipinski definition) is 2. The molecule has 2 N–H and O–H groups in total. The Labute approximate surface area is 90.7 Å². The van der Waals surface area contributed by atoms with E-state index in [1.54, 1.807) is 10.7 Å². The van der Waals surface area contributed by atoms with Crippen molar-refractivity contribution in [1.29, 1.82) is 0 Å². The number of fused-ring (bicyclic) bond motifs is 1. The molecule has 2 aromatic heterocycles. The lowest BCUT2D eigenvalue weighted by molar-refractivity contribution is 0.629. The molecule has 5 heteroatoms. The number of halogens is 1. The first-order valence-electron chi connectivity index (χ1n) is 4.86. The molecule has 0 saturated heterocycles. The molecule has 2 heterocycles. The van der Waals surface area contributed by atoms with Crippen molar-refractivity contribution in [1.82, 2.24) is 14.6 Å². The van der Waals surface area contributed by atoms with Crippen molar-refractivity contribution >= 4 is 17.0 Å². The number of aromatic nitrogens is 3. The third kappa shape index (κ3) is 1.52. The molecule has 0 saturated carbocycles. The largest absolute Gasteiger partial charge is 0.323 e. The van der Waals surface area contributed by atoms with Crippen LogP contribution in [-0.2, 0) is 0 Å². The molecule has 0 aliphatic heterocycles. The summed E-state index contributed by atoms with van der Waals surface area (Å²) in [5, 5.41) is 0. The number of hydrogen-bond acceptors (Lipinski definition) is 2. The zero-order chi connectivity index (χ0) is 11.0. The van der Waals surface area contributed by atoms with E-state index >= 15 is 0 Å². The van der Waals surface area contributed by atoms with Crippen LogP contribution in [0.25, 0.3) is 11.0 Å². The minimum Gasteiger partial charge on any atom is -0.323 e. The summed E-state index contributed by atoms with van der Waals surface area (Å²) in [6.07, 6.45) is 3.71. The molecule has 0 bridgehead atoms. The summed E-state index contributed by atoms with van der Waals surface area (Å²) in [7, 11) is 0. The lowest BCUT2D eigenvalue weighted by atomic mass is 10.3. The highest BCUT2D eigenvalue weighted by Crippen LogP contribution is 2.15. The summed E-state index contributed by atoms with van der Waals surface area (Å²) in [5.41, 5.74) is 4.43. The zero-order valence-electron chi connectivity index (χ0n) is 8.31. The van der Waals surface area contributed by atoms with E-state index in [9.17, 15) is 4.39 Å². The fourth-order valence-corrected chi connectivity index (χ4v) is 1.57. The molecule has 0 radical (unpaired) electrons. The molecule has 3 aromatic rings. The monoisotopic (exact) mass is 216 g/mol. The smallest absolute Gasteiger partial charge is 0.220 e. The molecule has 16 heavy (non-hydrogen) atoms. The highest BCUT2D eigenvalue weighted by molar-refractivity contribution is 5.77. The van der Waals surface area contributed by atoms with Crippen LogP contribution in [0.2, 0.25) is 0 Å². The van der Waals surface area contributed by atoms with Crippen LogP contribution in [0.1, 0.15) is 0 Å². The fourth-order valence-electron chi connectivity index (χ4n) is 1.57. The Kier molecular flexibility index (Phi) is 1.89. The van der Waals surface area contributed by atoms with Crippen molar-refractivity contribution in [3.05, 3.63) is 48.5 Å². The van der Waals surface area contributed by atoms with Crippen molar-refractivity contribution in [2.24, 2.45) is 0 Å². The molecule has 3 rings (SSSR count). The Balaban J connectivity index is 1.99. The molecule has 0 amide bonds. The van der Waals surface area contributed by atoms with Crippen molar-refractivity contribution in [2.45, 2.75) is 0 Å². The number of anilines is 1. The first-order valence-corrected chi connectivity index (χ1v) is 4.86. The van der Waals surface area contributed by atoms with Crippen LogP contribution in [0.4, 0.5) is 10.3 Å². The van der Waals surface area contributed by atoms with Crippen molar-refractivity contribution in [2.75, 3.05) is 5.43 Å². The molecule has 1 aromatic carbocycles. The molecule has 80 valence electrons. The van der Waals surface area contributed by atoms with E-state index in [4.69, 9.17) is 0 Å². The Hall–Kier alpha value is -2.30. The highest BCUT2D eigenvalue weighted by Gasteiger charge is 2.02. The summed E-state index contributed by atoms with van der Waals surface area (Å²) < 4.78 is 14.7. The van der Waals surface area contributed by atoms with Crippen LogP contribution in [0.3, 0.4) is 0 Å². The lowest BCUT2D eigenvalue weighted by Gasteiger charge is -2.01. The van der Waals surface area contributed by atoms with E-state index in [1.165, 1.54) is 12.1 Å². The minimum atomic E-state index is -0.274. The number of rotatable bonds is 2. The maximum atomic E-state index is 12.9. The van der Waals surface area contributed by atoms with Gasteiger partial charge in [0.15, 0.2) is 0 Å². The van der Waals surface area contributed by atoms with E-state index < -0.39 is 0 Å². The zero-order valence-corrected chi connectivity index (χ0v) is 8.31. The highest BCUT2D eigenvalue weighted by atomic mass is 19.1. The SMILES string of the molecule is Fc1ccc2nc(Nn3cccc3)[nH]c2c1. The second-order valence-corrected chi connectivity index (χ2v) is 3.45. The van der Waals surface area contributed by atoms with Gasteiger partial charge in [0.2, 0.25) is 5.95 Å². The first kappa shape index (κ1) is 8.96. The van der Waals surface area contributed by atoms with Gasteiger partial charge < -0.3 is 4.98 Å². The number of benzene rings is 1. The van der Waals surface area contributed by atoms with E-state index in [-0.39, 0.29) is 5.82 Å². The summed E-state index contributed by atoms with van der Waals surface area (Å²) in [6.45, 7) is 0. The predicted octanol–water partition coefficient (Wildman–Crippen LogP) is 2.38. The quantitative estimate of drug-likeness (QED) is 0.690. The topological polar surface area (TPSA) is 45.6 Å². The lowest BCUT2D eigenvalue weighted by Crippen LogP contribution is -2.06. The van der Waals surface area contributed by atoms with Crippen LogP contribution in [0.15, 0.2) is 42.7 Å². The van der Waals surface area contributed by atoms with Gasteiger partial charge in [0.05, 0.1) is 11.0 Å². The van der Waals surface area contributed by atoms with Crippen molar-refractivity contribution < 1.29 is 4.39 Å². The van der Waals surface area contributed by atoms with E-state index in [0.717, 1.165) is 5.52 Å². The minimum absolute atomic E-state index is 0.274. The molecule has 0 aliphatic carbocycles. The van der Waals surface area contributed by atoms with Crippen molar-refractivity contribution in [3.8, 4) is 0 Å². The summed E-state index contributed by atoms with van der Waals surface area (Å²) >= 11 is 0. The molecular weight excluding hydrogens is 207 g/mol. The number of H-pyrrole nitrogens is 1. The van der Waals surface area contributed by atoms with Gasteiger partial charge >= 0.3 is 0 Å². The first-order chi connectivity index (χ1) is 7.81. The Bertz CT molecular complexity index is 612. The van der Waals surface area contributed by atoms with E-state index in [0.29, 0.717) is 11.5 Å². The van der Waals surface area contributed by atoms with Crippen LogP contribution in [-0.4, -0.2) is 14.6 Å². The molecule has 4 nitrogen and oxygen atoms in total. The van der Waals surface area contributed by atoms with Gasteiger partial charge in [-0.15, -0.1) is 0 Å². The fraction of sp³-hybridized carbons (Fsp3) is 0. The predicted molar refractivity (Wildman–Crippen MR) is 59.5 cm³/mol. The van der Waals surface area contributed by atoms with Crippen LogP contribution >= 0.6 is 0 Å². The van der Waals surface area contributed by atoms with Crippen molar-refractivity contribution in [3.63, 3.8) is 0 Å². The van der Waals surface area contributed by atoms with Crippen LogP contribution in [0.5, 0.6) is 0 Å². The molecule has 0 unspecified atom stereocenters. The van der Waals surface area contributed by atoms with Gasteiger partial charge in [-0.3, -0.25) is 10.1 Å². The third-order valence-electron chi connectivity index (χ3n) is 2.28. The normalized spacial score (nSPS) is 10.8. The molecule has 0 fully saturated rings.